The number of aromatic amines is 1. The van der Waals surface area contributed by atoms with Crippen LogP contribution in [0, 0.1) is 6.92 Å². The molecule has 0 aliphatic carbocycles. The highest BCUT2D eigenvalue weighted by Gasteiger charge is 2.26. The quantitative estimate of drug-likeness (QED) is 0.824. The molecule has 122 valence electrons. The number of hydrogen-bond donors (Lipinski definition) is 1. The Bertz CT molecular complexity index is 533. The highest BCUT2D eigenvalue weighted by molar-refractivity contribution is 5.88. The number of hydrogen-bond acceptors (Lipinski definition) is 6. The van der Waals surface area contributed by atoms with Gasteiger partial charge in [0.05, 0.1) is 20.3 Å². The first-order chi connectivity index (χ1) is 10.5. The molecule has 0 unspecified atom stereocenters. The lowest BCUT2D eigenvalue weighted by molar-refractivity contribution is -0.142. The van der Waals surface area contributed by atoms with Crippen LogP contribution in [0.3, 0.4) is 0 Å². The van der Waals surface area contributed by atoms with Gasteiger partial charge in [0.15, 0.2) is 5.69 Å². The summed E-state index contributed by atoms with van der Waals surface area (Å²) in [5, 5.41) is 0. The third-order valence-corrected chi connectivity index (χ3v) is 3.93. The van der Waals surface area contributed by atoms with Crippen LogP contribution < -0.4 is 0 Å². The lowest BCUT2D eigenvalue weighted by Crippen LogP contribution is -2.37. The monoisotopic (exact) mass is 309 g/mol. The van der Waals surface area contributed by atoms with Crippen molar-refractivity contribution in [3.05, 3.63) is 17.2 Å². The maximum Gasteiger partial charge on any atom is 0.358 e. The molecule has 1 saturated heterocycles. The van der Waals surface area contributed by atoms with Gasteiger partial charge in [0.2, 0.25) is 0 Å². The average molecular weight is 309 g/mol. The number of piperidine rings is 1. The van der Waals surface area contributed by atoms with Crippen molar-refractivity contribution in [3.63, 3.8) is 0 Å². The van der Waals surface area contributed by atoms with Crippen molar-refractivity contribution in [2.75, 3.05) is 33.4 Å². The van der Waals surface area contributed by atoms with Gasteiger partial charge in [0.25, 0.3) is 0 Å². The van der Waals surface area contributed by atoms with Crippen molar-refractivity contribution in [2.45, 2.75) is 32.6 Å². The van der Waals surface area contributed by atoms with Gasteiger partial charge in [-0.1, -0.05) is 0 Å². The van der Waals surface area contributed by atoms with Crippen LogP contribution in [0.5, 0.6) is 0 Å². The Labute approximate surface area is 130 Å². The first-order valence-electron chi connectivity index (χ1n) is 7.58. The molecule has 1 aliphatic heterocycles. The second-order valence-corrected chi connectivity index (χ2v) is 5.44. The maximum absolute atomic E-state index is 11.8. The Morgan fingerprint density at radius 3 is 2.64 bits per heavy atom. The van der Waals surface area contributed by atoms with Gasteiger partial charge in [0.1, 0.15) is 5.82 Å². The van der Waals surface area contributed by atoms with Crippen LogP contribution in [0.4, 0.5) is 0 Å². The predicted octanol–water partition coefficient (Wildman–Crippen LogP) is 1.25. The summed E-state index contributed by atoms with van der Waals surface area (Å²) in [6.45, 7) is 5.90. The van der Waals surface area contributed by atoms with Crippen LogP contribution in [0.25, 0.3) is 0 Å². The number of methoxy groups -OCH3 is 1. The molecule has 0 aromatic carbocycles. The second-order valence-electron chi connectivity index (χ2n) is 5.44. The number of carbonyl (C=O) groups excluding carboxylic acids is 2. The van der Waals surface area contributed by atoms with Crippen molar-refractivity contribution in [3.8, 4) is 0 Å². The zero-order chi connectivity index (χ0) is 16.1. The zero-order valence-corrected chi connectivity index (χ0v) is 13.3. The number of esters is 2. The number of imidazole rings is 1. The number of ether oxygens (including phenoxy) is 2. The average Bonchev–Trinajstić information content (AvgIpc) is 2.90. The number of carbonyl (C=O) groups is 2. The van der Waals surface area contributed by atoms with Gasteiger partial charge in [-0.05, 0) is 39.8 Å². The minimum atomic E-state index is -0.384. The van der Waals surface area contributed by atoms with Gasteiger partial charge in [0, 0.05) is 11.6 Å². The molecule has 1 aromatic rings. The number of rotatable bonds is 5. The Hall–Kier alpha value is -1.89. The molecule has 2 heterocycles. The van der Waals surface area contributed by atoms with Gasteiger partial charge in [-0.15, -0.1) is 0 Å². The van der Waals surface area contributed by atoms with E-state index < -0.39 is 0 Å². The van der Waals surface area contributed by atoms with E-state index in [0.717, 1.165) is 37.4 Å². The zero-order valence-electron chi connectivity index (χ0n) is 13.3. The van der Waals surface area contributed by atoms with E-state index in [4.69, 9.17) is 4.74 Å². The van der Waals surface area contributed by atoms with Crippen molar-refractivity contribution < 1.29 is 19.1 Å². The predicted molar refractivity (Wildman–Crippen MR) is 79.7 cm³/mol. The Morgan fingerprint density at radius 2 is 2.05 bits per heavy atom. The smallest absolute Gasteiger partial charge is 0.358 e. The Kier molecular flexibility index (Phi) is 5.54. The van der Waals surface area contributed by atoms with Crippen molar-refractivity contribution in [1.82, 2.24) is 14.9 Å². The number of likely N-dealkylation sites (tertiary alicyclic amines) is 1. The SMILES string of the molecule is CCOC(=O)c1nc(C2CCN(CC(=O)OC)CC2)[nH]c1C. The van der Waals surface area contributed by atoms with Gasteiger partial charge in [-0.3, -0.25) is 9.69 Å². The summed E-state index contributed by atoms with van der Waals surface area (Å²) in [7, 11) is 1.40. The van der Waals surface area contributed by atoms with Crippen LogP contribution in [-0.4, -0.2) is 60.2 Å². The molecule has 0 bridgehead atoms. The maximum atomic E-state index is 11.8. The van der Waals surface area contributed by atoms with Crippen molar-refractivity contribution >= 4 is 11.9 Å². The summed E-state index contributed by atoms with van der Waals surface area (Å²) in [6, 6.07) is 0. The molecule has 1 aliphatic rings. The molecular formula is C15H23N3O4. The minimum absolute atomic E-state index is 0.211. The molecule has 2 rings (SSSR count). The number of H-pyrrole nitrogens is 1. The minimum Gasteiger partial charge on any atom is -0.468 e. The lowest BCUT2D eigenvalue weighted by Gasteiger charge is -2.30. The van der Waals surface area contributed by atoms with E-state index in [2.05, 4.69) is 19.6 Å². The van der Waals surface area contributed by atoms with E-state index in [1.807, 2.05) is 6.92 Å². The molecular weight excluding hydrogens is 286 g/mol. The van der Waals surface area contributed by atoms with Gasteiger partial charge in [-0.25, -0.2) is 9.78 Å². The van der Waals surface area contributed by atoms with Crippen LogP contribution in [0.2, 0.25) is 0 Å². The fraction of sp³-hybridized carbons (Fsp3) is 0.667. The van der Waals surface area contributed by atoms with Gasteiger partial charge in [-0.2, -0.15) is 0 Å². The third-order valence-electron chi connectivity index (χ3n) is 3.93. The molecule has 0 atom stereocenters. The van der Waals surface area contributed by atoms with Gasteiger partial charge >= 0.3 is 11.9 Å². The highest BCUT2D eigenvalue weighted by Crippen LogP contribution is 2.26. The van der Waals surface area contributed by atoms with Gasteiger partial charge < -0.3 is 14.5 Å². The molecule has 1 aromatic heterocycles. The van der Waals surface area contributed by atoms with Crippen LogP contribution in [0.1, 0.15) is 47.7 Å². The molecule has 7 nitrogen and oxygen atoms in total. The van der Waals surface area contributed by atoms with E-state index in [9.17, 15) is 9.59 Å². The fourth-order valence-corrected chi connectivity index (χ4v) is 2.69. The number of nitrogens with zero attached hydrogens (tertiary/aromatic N) is 2. The number of aromatic nitrogens is 2. The molecule has 1 N–H and O–H groups in total. The van der Waals surface area contributed by atoms with E-state index in [1.165, 1.54) is 7.11 Å². The summed E-state index contributed by atoms with van der Waals surface area (Å²) in [5.74, 6) is 0.511. The number of nitrogens with one attached hydrogen (secondary N) is 1. The molecule has 1 fully saturated rings. The summed E-state index contributed by atoms with van der Waals surface area (Å²) in [6.07, 6.45) is 1.79. The first-order valence-corrected chi connectivity index (χ1v) is 7.58. The largest absolute Gasteiger partial charge is 0.468 e. The summed E-state index contributed by atoms with van der Waals surface area (Å²) in [5.41, 5.74) is 1.11. The van der Waals surface area contributed by atoms with Crippen molar-refractivity contribution in [2.24, 2.45) is 0 Å². The first kappa shape index (κ1) is 16.5. The molecule has 22 heavy (non-hydrogen) atoms. The molecule has 0 saturated carbocycles. The lowest BCUT2D eigenvalue weighted by atomic mass is 9.96. The highest BCUT2D eigenvalue weighted by atomic mass is 16.5. The summed E-state index contributed by atoms with van der Waals surface area (Å²) >= 11 is 0. The topological polar surface area (TPSA) is 84.5 Å². The van der Waals surface area contributed by atoms with Crippen molar-refractivity contribution in [1.29, 1.82) is 0 Å². The second kappa shape index (κ2) is 7.40. The molecule has 0 spiro atoms. The van der Waals surface area contributed by atoms with Crippen LogP contribution in [-0.2, 0) is 14.3 Å². The summed E-state index contributed by atoms with van der Waals surface area (Å²) in [4.78, 5) is 32.8. The van der Waals surface area contributed by atoms with Crippen LogP contribution >= 0.6 is 0 Å². The Balaban J connectivity index is 1.95. The molecule has 7 heteroatoms. The fourth-order valence-electron chi connectivity index (χ4n) is 2.69. The summed E-state index contributed by atoms with van der Waals surface area (Å²) < 4.78 is 9.68. The third kappa shape index (κ3) is 3.85. The molecule has 0 amide bonds. The standard InChI is InChI=1S/C15H23N3O4/c1-4-22-15(20)13-10(2)16-14(17-13)11-5-7-18(8-6-11)9-12(19)21-3/h11H,4-9H2,1-3H3,(H,16,17). The molecule has 0 radical (unpaired) electrons. The number of aryl methyl sites for hydroxylation is 1. The van der Waals surface area contributed by atoms with E-state index in [-0.39, 0.29) is 17.9 Å². The Morgan fingerprint density at radius 1 is 1.36 bits per heavy atom. The van der Waals surface area contributed by atoms with Crippen LogP contribution in [0.15, 0.2) is 0 Å². The normalized spacial score (nSPS) is 16.5. The van der Waals surface area contributed by atoms with E-state index >= 15 is 0 Å². The van der Waals surface area contributed by atoms with E-state index in [1.54, 1.807) is 6.92 Å². The van der Waals surface area contributed by atoms with E-state index in [0.29, 0.717) is 18.8 Å².